The summed E-state index contributed by atoms with van der Waals surface area (Å²) in [6, 6.07) is 16.5. The van der Waals surface area contributed by atoms with Crippen molar-refractivity contribution in [2.45, 2.75) is 38.5 Å². The van der Waals surface area contributed by atoms with Crippen molar-refractivity contribution < 1.29 is 13.5 Å². The number of anilines is 2. The molecular weight excluding hydrogens is 428 g/mol. The van der Waals surface area contributed by atoms with Crippen molar-refractivity contribution in [2.24, 2.45) is 0 Å². The fourth-order valence-electron chi connectivity index (χ4n) is 3.57. The largest absolute Gasteiger partial charge is 0.492 e. The zero-order chi connectivity index (χ0) is 23.1. The van der Waals surface area contributed by atoms with Gasteiger partial charge in [0.2, 0.25) is 0 Å². The maximum atomic E-state index is 14.3. The number of ether oxygens (including phenoxy) is 1. The molecule has 0 radical (unpaired) electrons. The minimum Gasteiger partial charge on any atom is -0.492 e. The minimum absolute atomic E-state index is 0.338. The van der Waals surface area contributed by atoms with Crippen LogP contribution in [0.25, 0.3) is 0 Å². The first-order valence-electron chi connectivity index (χ1n) is 10.6. The molecule has 0 heterocycles. The van der Waals surface area contributed by atoms with Crippen LogP contribution >= 0.6 is 11.6 Å². The van der Waals surface area contributed by atoms with Crippen molar-refractivity contribution in [3.05, 3.63) is 88.4 Å². The van der Waals surface area contributed by atoms with Gasteiger partial charge in [-0.3, -0.25) is 0 Å². The van der Waals surface area contributed by atoms with Gasteiger partial charge in [-0.05, 0) is 92.8 Å². The lowest BCUT2D eigenvalue weighted by Crippen LogP contribution is -2.20. The van der Waals surface area contributed by atoms with E-state index in [-0.39, 0.29) is 11.6 Å². The third-order valence-corrected chi connectivity index (χ3v) is 5.78. The van der Waals surface area contributed by atoms with Crippen LogP contribution in [0.3, 0.4) is 0 Å². The summed E-state index contributed by atoms with van der Waals surface area (Å²) in [5.41, 5.74) is 2.44. The van der Waals surface area contributed by atoms with Gasteiger partial charge in [-0.15, -0.1) is 6.42 Å². The molecule has 5 heteroatoms. The monoisotopic (exact) mass is 453 g/mol. The number of terminal acetylenes is 1. The highest BCUT2D eigenvalue weighted by Crippen LogP contribution is 2.34. The Morgan fingerprint density at radius 2 is 1.81 bits per heavy atom. The van der Waals surface area contributed by atoms with E-state index >= 15 is 0 Å². The lowest BCUT2D eigenvalue weighted by molar-refractivity contribution is 0.340. The van der Waals surface area contributed by atoms with E-state index in [4.69, 9.17) is 22.8 Å². The van der Waals surface area contributed by atoms with Crippen LogP contribution in [0.1, 0.15) is 37.8 Å². The van der Waals surface area contributed by atoms with Gasteiger partial charge in [0.15, 0.2) is 0 Å². The number of hydrogen-bond donors (Lipinski definition) is 1. The summed E-state index contributed by atoms with van der Waals surface area (Å²) in [6.45, 7) is 4.47. The van der Waals surface area contributed by atoms with Crippen molar-refractivity contribution in [1.82, 2.24) is 0 Å². The Morgan fingerprint density at radius 3 is 2.47 bits per heavy atom. The van der Waals surface area contributed by atoms with Gasteiger partial charge in [-0.25, -0.2) is 8.78 Å². The summed E-state index contributed by atoms with van der Waals surface area (Å²) in [6.07, 6.45) is 8.19. The Kier molecular flexibility index (Phi) is 7.77. The third-order valence-electron chi connectivity index (χ3n) is 5.48. The summed E-state index contributed by atoms with van der Waals surface area (Å²) < 4.78 is 32.9. The van der Waals surface area contributed by atoms with Crippen molar-refractivity contribution in [2.75, 3.05) is 11.9 Å². The van der Waals surface area contributed by atoms with Gasteiger partial charge in [0, 0.05) is 5.69 Å². The Morgan fingerprint density at radius 1 is 1.06 bits per heavy atom. The molecule has 166 valence electrons. The predicted molar refractivity (Wildman–Crippen MR) is 128 cm³/mol. The Bertz CT molecular complexity index is 1110. The van der Waals surface area contributed by atoms with Crippen LogP contribution in [0.5, 0.6) is 5.75 Å². The van der Waals surface area contributed by atoms with E-state index in [0.29, 0.717) is 28.8 Å². The number of rotatable bonds is 9. The Hall–Kier alpha value is -3.03. The van der Waals surface area contributed by atoms with E-state index in [1.165, 1.54) is 18.2 Å². The van der Waals surface area contributed by atoms with Crippen molar-refractivity contribution >= 4 is 23.0 Å². The predicted octanol–water partition coefficient (Wildman–Crippen LogP) is 7.67. The highest BCUT2D eigenvalue weighted by Gasteiger charge is 2.24. The first kappa shape index (κ1) is 23.6. The van der Waals surface area contributed by atoms with Crippen LogP contribution in [0.15, 0.2) is 60.7 Å². The highest BCUT2D eigenvalue weighted by atomic mass is 35.5. The molecule has 0 aromatic heterocycles. The quantitative estimate of drug-likeness (QED) is 0.335. The summed E-state index contributed by atoms with van der Waals surface area (Å²) in [4.78, 5) is 0. The zero-order valence-corrected chi connectivity index (χ0v) is 19.0. The molecule has 3 aromatic carbocycles. The second-order valence-electron chi connectivity index (χ2n) is 7.85. The van der Waals surface area contributed by atoms with Crippen LogP contribution in [-0.4, -0.2) is 6.61 Å². The second-order valence-corrected chi connectivity index (χ2v) is 8.26. The summed E-state index contributed by atoms with van der Waals surface area (Å²) >= 11 is 6.35. The number of halogens is 3. The average Bonchev–Trinajstić information content (AvgIpc) is 2.78. The fraction of sp³-hybridized carbons (Fsp3) is 0.259. The van der Waals surface area contributed by atoms with Gasteiger partial charge < -0.3 is 10.1 Å². The van der Waals surface area contributed by atoms with Gasteiger partial charge in [-0.1, -0.05) is 29.7 Å². The zero-order valence-electron chi connectivity index (χ0n) is 18.2. The molecule has 0 saturated heterocycles. The SMILES string of the molecule is C#CC(C)(CCCc1ccc(F)c(Nc2ccc(F)cc2)c1)c1ccc(OCC)c(Cl)c1. The first-order valence-corrected chi connectivity index (χ1v) is 10.9. The van der Waals surface area contributed by atoms with Crippen molar-refractivity contribution in [1.29, 1.82) is 0 Å². The molecule has 0 spiro atoms. The van der Waals surface area contributed by atoms with Crippen LogP contribution in [0, 0.1) is 24.0 Å². The molecule has 0 aliphatic rings. The average molecular weight is 454 g/mol. The number of benzene rings is 3. The van der Waals surface area contributed by atoms with E-state index < -0.39 is 5.41 Å². The van der Waals surface area contributed by atoms with Gasteiger partial charge >= 0.3 is 0 Å². The number of aryl methyl sites for hydroxylation is 1. The van der Waals surface area contributed by atoms with Gasteiger partial charge in [0.05, 0.1) is 22.7 Å². The van der Waals surface area contributed by atoms with Crippen LogP contribution in [0.4, 0.5) is 20.2 Å². The molecule has 0 bridgehead atoms. The smallest absolute Gasteiger partial charge is 0.146 e. The van der Waals surface area contributed by atoms with E-state index in [9.17, 15) is 8.78 Å². The molecule has 32 heavy (non-hydrogen) atoms. The maximum Gasteiger partial charge on any atom is 0.146 e. The second kappa shape index (κ2) is 10.5. The van der Waals surface area contributed by atoms with Gasteiger partial charge in [-0.2, -0.15) is 0 Å². The van der Waals surface area contributed by atoms with Crippen molar-refractivity contribution in [3.8, 4) is 18.1 Å². The molecule has 3 aromatic rings. The first-order chi connectivity index (χ1) is 15.3. The highest BCUT2D eigenvalue weighted by molar-refractivity contribution is 6.32. The van der Waals surface area contributed by atoms with E-state index in [1.54, 1.807) is 24.3 Å². The van der Waals surface area contributed by atoms with Crippen LogP contribution in [-0.2, 0) is 11.8 Å². The van der Waals surface area contributed by atoms with E-state index in [0.717, 1.165) is 30.4 Å². The molecule has 0 saturated carbocycles. The standard InChI is InChI=1S/C27H26ClF2NO/c1-4-27(3,20-9-15-26(32-5-2)23(28)18-20)16-6-7-19-8-14-24(30)25(17-19)31-22-12-10-21(29)11-13-22/h1,8-15,17-18,31H,5-7,16H2,2-3H3. The molecule has 1 N–H and O–H groups in total. The molecule has 0 aliphatic carbocycles. The molecule has 0 aliphatic heterocycles. The normalized spacial score (nSPS) is 12.6. The molecule has 2 nitrogen and oxygen atoms in total. The summed E-state index contributed by atoms with van der Waals surface area (Å²) in [7, 11) is 0. The number of hydrogen-bond acceptors (Lipinski definition) is 2. The molecule has 0 fully saturated rings. The Labute approximate surface area is 193 Å². The lowest BCUT2D eigenvalue weighted by Gasteiger charge is -2.25. The molecular formula is C27H26ClF2NO. The van der Waals surface area contributed by atoms with E-state index in [1.807, 2.05) is 32.0 Å². The van der Waals surface area contributed by atoms with Gasteiger partial charge in [0.1, 0.15) is 17.4 Å². The topological polar surface area (TPSA) is 21.3 Å². The molecule has 1 atom stereocenters. The third kappa shape index (κ3) is 5.81. The fourth-order valence-corrected chi connectivity index (χ4v) is 3.81. The van der Waals surface area contributed by atoms with Crippen LogP contribution in [0.2, 0.25) is 5.02 Å². The van der Waals surface area contributed by atoms with Crippen molar-refractivity contribution in [3.63, 3.8) is 0 Å². The maximum absolute atomic E-state index is 14.3. The lowest BCUT2D eigenvalue weighted by atomic mass is 9.78. The molecule has 3 rings (SSSR count). The van der Waals surface area contributed by atoms with Gasteiger partial charge in [0.25, 0.3) is 0 Å². The number of nitrogens with one attached hydrogen (secondary N) is 1. The summed E-state index contributed by atoms with van der Waals surface area (Å²) in [5.74, 6) is 2.86. The van der Waals surface area contributed by atoms with Crippen LogP contribution < -0.4 is 10.1 Å². The molecule has 0 amide bonds. The van der Waals surface area contributed by atoms with E-state index in [2.05, 4.69) is 11.2 Å². The summed E-state index contributed by atoms with van der Waals surface area (Å²) in [5, 5.41) is 3.55. The molecule has 1 unspecified atom stereocenters. The minimum atomic E-state index is -0.483. The Balaban J connectivity index is 1.67.